The standard InChI is InChI=1S/C11H23N3O6S/c1-5-6-14(10(17)20-11(2,3)4)21(18,19)13-7-8(12)9(15)16/h8,13H,5-7,12H2,1-4H3,(H,15,16)/t8-/m0/s1. The molecular formula is C11H23N3O6S. The molecule has 0 aliphatic carbocycles. The Bertz CT molecular complexity index is 471. The Balaban J connectivity index is 5.00. The smallest absolute Gasteiger partial charge is 0.425 e. The second-order valence-electron chi connectivity index (χ2n) is 5.35. The highest BCUT2D eigenvalue weighted by Crippen LogP contribution is 2.12. The summed E-state index contributed by atoms with van der Waals surface area (Å²) in [6.45, 7) is 5.89. The molecule has 0 aromatic heterocycles. The van der Waals surface area contributed by atoms with Crippen molar-refractivity contribution in [1.29, 1.82) is 0 Å². The number of aliphatic carboxylic acids is 1. The molecule has 0 bridgehead atoms. The lowest BCUT2D eigenvalue weighted by atomic mass is 10.2. The number of nitrogens with one attached hydrogen (secondary N) is 1. The molecule has 0 aliphatic rings. The molecule has 0 unspecified atom stereocenters. The zero-order valence-electron chi connectivity index (χ0n) is 12.6. The van der Waals surface area contributed by atoms with Crippen LogP contribution >= 0.6 is 0 Å². The zero-order valence-corrected chi connectivity index (χ0v) is 13.4. The maximum absolute atomic E-state index is 12.0. The van der Waals surface area contributed by atoms with E-state index in [2.05, 4.69) is 0 Å². The van der Waals surface area contributed by atoms with Crippen LogP contribution in [0, 0.1) is 0 Å². The molecule has 0 rings (SSSR count). The molecule has 0 fully saturated rings. The number of ether oxygens (including phenoxy) is 1. The zero-order chi connectivity index (χ0) is 16.8. The van der Waals surface area contributed by atoms with Crippen LogP contribution < -0.4 is 10.5 Å². The molecule has 0 saturated carbocycles. The summed E-state index contributed by atoms with van der Waals surface area (Å²) in [4.78, 5) is 22.5. The van der Waals surface area contributed by atoms with Crippen LogP contribution in [-0.2, 0) is 19.7 Å². The lowest BCUT2D eigenvalue weighted by Gasteiger charge is -2.27. The summed E-state index contributed by atoms with van der Waals surface area (Å²) in [7, 11) is -4.22. The van der Waals surface area contributed by atoms with Crippen molar-refractivity contribution in [2.45, 2.75) is 45.8 Å². The number of carbonyl (C=O) groups excluding carboxylic acids is 1. The van der Waals surface area contributed by atoms with Gasteiger partial charge >= 0.3 is 22.3 Å². The Morgan fingerprint density at radius 3 is 2.29 bits per heavy atom. The molecule has 1 atom stereocenters. The van der Waals surface area contributed by atoms with E-state index >= 15 is 0 Å². The maximum Gasteiger partial charge on any atom is 0.425 e. The largest absolute Gasteiger partial charge is 0.480 e. The van der Waals surface area contributed by atoms with Crippen molar-refractivity contribution in [2.75, 3.05) is 13.1 Å². The summed E-state index contributed by atoms with van der Waals surface area (Å²) in [5.41, 5.74) is 4.36. The molecule has 4 N–H and O–H groups in total. The molecule has 0 aromatic carbocycles. The van der Waals surface area contributed by atoms with Crippen molar-refractivity contribution < 1.29 is 27.9 Å². The number of carbonyl (C=O) groups is 2. The number of amides is 1. The van der Waals surface area contributed by atoms with Gasteiger partial charge in [-0.1, -0.05) is 6.92 Å². The first-order chi connectivity index (χ1) is 9.40. The second-order valence-corrected chi connectivity index (χ2v) is 7.03. The van der Waals surface area contributed by atoms with E-state index in [1.54, 1.807) is 27.7 Å². The Hall–Kier alpha value is -1.39. The normalized spacial score (nSPS) is 13.6. The summed E-state index contributed by atoms with van der Waals surface area (Å²) < 4.78 is 31.6. The molecule has 10 heteroatoms. The molecule has 9 nitrogen and oxygen atoms in total. The Kier molecular flexibility index (Phi) is 7.07. The monoisotopic (exact) mass is 325 g/mol. The maximum atomic E-state index is 12.0. The van der Waals surface area contributed by atoms with Crippen LogP contribution in [0.4, 0.5) is 4.79 Å². The third-order valence-electron chi connectivity index (χ3n) is 2.12. The summed E-state index contributed by atoms with van der Waals surface area (Å²) in [5, 5.41) is 8.62. The number of hydrogen-bond donors (Lipinski definition) is 3. The number of nitrogens with two attached hydrogens (primary N) is 1. The fraction of sp³-hybridized carbons (Fsp3) is 0.818. The summed E-state index contributed by atoms with van der Waals surface area (Å²) in [5.74, 6) is -1.35. The van der Waals surface area contributed by atoms with E-state index < -0.39 is 40.5 Å². The van der Waals surface area contributed by atoms with Gasteiger partial charge in [-0.15, -0.1) is 0 Å². The molecule has 0 radical (unpaired) electrons. The molecule has 0 aromatic rings. The fourth-order valence-electron chi connectivity index (χ4n) is 1.19. The lowest BCUT2D eigenvalue weighted by Crippen LogP contribution is -2.50. The van der Waals surface area contributed by atoms with Crippen LogP contribution in [0.3, 0.4) is 0 Å². The topological polar surface area (TPSA) is 139 Å². The third kappa shape index (κ3) is 7.25. The van der Waals surface area contributed by atoms with Crippen LogP contribution in [0.5, 0.6) is 0 Å². The van der Waals surface area contributed by atoms with Gasteiger partial charge in [0, 0.05) is 13.1 Å². The van der Waals surface area contributed by atoms with E-state index in [-0.39, 0.29) is 6.54 Å². The van der Waals surface area contributed by atoms with Crippen molar-refractivity contribution >= 4 is 22.3 Å². The quantitative estimate of drug-likeness (QED) is 0.593. The predicted octanol–water partition coefficient (Wildman–Crippen LogP) is -0.120. The molecule has 0 saturated heterocycles. The Labute approximate surface area is 124 Å². The fourth-order valence-corrected chi connectivity index (χ4v) is 2.39. The Morgan fingerprint density at radius 2 is 1.90 bits per heavy atom. The van der Waals surface area contributed by atoms with Gasteiger partial charge < -0.3 is 15.6 Å². The summed E-state index contributed by atoms with van der Waals surface area (Å²) in [6, 6.07) is -1.40. The molecule has 21 heavy (non-hydrogen) atoms. The van der Waals surface area contributed by atoms with Crippen molar-refractivity contribution in [1.82, 2.24) is 9.03 Å². The molecule has 124 valence electrons. The first-order valence-electron chi connectivity index (χ1n) is 6.39. The highest BCUT2D eigenvalue weighted by molar-refractivity contribution is 7.87. The van der Waals surface area contributed by atoms with Gasteiger partial charge in [-0.25, -0.2) is 4.79 Å². The average molecular weight is 325 g/mol. The summed E-state index contributed by atoms with van der Waals surface area (Å²) in [6.07, 6.45) is -0.647. The van der Waals surface area contributed by atoms with E-state index in [0.29, 0.717) is 10.7 Å². The second kappa shape index (κ2) is 7.57. The van der Waals surface area contributed by atoms with Crippen molar-refractivity contribution in [2.24, 2.45) is 5.73 Å². The van der Waals surface area contributed by atoms with E-state index in [1.165, 1.54) is 0 Å². The van der Waals surface area contributed by atoms with E-state index in [9.17, 15) is 18.0 Å². The minimum Gasteiger partial charge on any atom is -0.480 e. The first kappa shape index (κ1) is 19.6. The van der Waals surface area contributed by atoms with Gasteiger partial charge in [0.05, 0.1) is 0 Å². The van der Waals surface area contributed by atoms with Gasteiger partial charge in [-0.3, -0.25) is 4.79 Å². The number of carboxylic acid groups (broad SMARTS) is 1. The molecular weight excluding hydrogens is 302 g/mol. The Morgan fingerprint density at radius 1 is 1.38 bits per heavy atom. The molecule has 1 amide bonds. The third-order valence-corrected chi connectivity index (χ3v) is 3.56. The van der Waals surface area contributed by atoms with Crippen molar-refractivity contribution in [3.05, 3.63) is 0 Å². The number of hydrogen-bond acceptors (Lipinski definition) is 6. The van der Waals surface area contributed by atoms with Crippen molar-refractivity contribution in [3.8, 4) is 0 Å². The lowest BCUT2D eigenvalue weighted by molar-refractivity contribution is -0.138. The van der Waals surface area contributed by atoms with Crippen LogP contribution in [0.15, 0.2) is 0 Å². The predicted molar refractivity (Wildman–Crippen MR) is 75.8 cm³/mol. The van der Waals surface area contributed by atoms with Gasteiger partial charge in [-0.2, -0.15) is 17.4 Å². The van der Waals surface area contributed by atoms with E-state index in [0.717, 1.165) is 0 Å². The average Bonchev–Trinajstić information content (AvgIpc) is 2.30. The van der Waals surface area contributed by atoms with Gasteiger partial charge in [-0.05, 0) is 27.2 Å². The van der Waals surface area contributed by atoms with Crippen LogP contribution in [0.25, 0.3) is 0 Å². The number of carboxylic acids is 1. The molecule has 0 heterocycles. The van der Waals surface area contributed by atoms with E-state index in [4.69, 9.17) is 15.6 Å². The number of nitrogens with zero attached hydrogens (tertiary/aromatic N) is 1. The van der Waals surface area contributed by atoms with Crippen LogP contribution in [-0.4, -0.2) is 54.6 Å². The summed E-state index contributed by atoms with van der Waals surface area (Å²) >= 11 is 0. The highest BCUT2D eigenvalue weighted by atomic mass is 32.2. The number of rotatable bonds is 7. The minimum absolute atomic E-state index is 0.0907. The SMILES string of the molecule is CCCN(C(=O)OC(C)(C)C)S(=O)(=O)NC[C@H](N)C(=O)O. The minimum atomic E-state index is -4.22. The first-order valence-corrected chi connectivity index (χ1v) is 7.83. The molecule has 0 spiro atoms. The van der Waals surface area contributed by atoms with Gasteiger partial charge in [0.1, 0.15) is 11.6 Å². The van der Waals surface area contributed by atoms with Crippen molar-refractivity contribution in [3.63, 3.8) is 0 Å². The van der Waals surface area contributed by atoms with Gasteiger partial charge in [0.25, 0.3) is 0 Å². The van der Waals surface area contributed by atoms with Crippen LogP contribution in [0.1, 0.15) is 34.1 Å². The van der Waals surface area contributed by atoms with E-state index in [1.807, 2.05) is 4.72 Å². The van der Waals surface area contributed by atoms with Gasteiger partial charge in [0.15, 0.2) is 0 Å². The van der Waals surface area contributed by atoms with Crippen LogP contribution in [0.2, 0.25) is 0 Å². The van der Waals surface area contributed by atoms with Gasteiger partial charge in [0.2, 0.25) is 0 Å². The molecule has 0 aliphatic heterocycles. The highest BCUT2D eigenvalue weighted by Gasteiger charge is 2.31.